The average Bonchev–Trinajstić information content (AvgIpc) is 3.38. The first-order valence-corrected chi connectivity index (χ1v) is 12.0. The number of likely N-dealkylation sites (tertiary alicyclic amines) is 1. The van der Waals surface area contributed by atoms with Crippen LogP contribution in [0.4, 0.5) is 5.69 Å². The summed E-state index contributed by atoms with van der Waals surface area (Å²) >= 11 is 0. The van der Waals surface area contributed by atoms with E-state index in [1.165, 1.54) is 18.4 Å². The minimum absolute atomic E-state index is 0.281. The molecule has 0 N–H and O–H groups in total. The van der Waals surface area contributed by atoms with E-state index in [1.807, 2.05) is 11.0 Å². The number of para-hydroxylation sites is 1. The molecule has 2 atom stereocenters. The molecule has 0 spiro atoms. The Kier molecular flexibility index (Phi) is 6.41. The quantitative estimate of drug-likeness (QED) is 0.598. The van der Waals surface area contributed by atoms with Crippen LogP contribution < -0.4 is 4.90 Å². The molecule has 0 radical (unpaired) electrons. The van der Waals surface area contributed by atoms with Crippen LogP contribution in [-0.4, -0.2) is 79.6 Å². The molecule has 2 bridgehead atoms. The Morgan fingerprint density at radius 2 is 1.84 bits per heavy atom. The average molecular weight is 427 g/mol. The van der Waals surface area contributed by atoms with E-state index >= 15 is 0 Å². The summed E-state index contributed by atoms with van der Waals surface area (Å²) in [7, 11) is 0. The van der Waals surface area contributed by atoms with Crippen molar-refractivity contribution in [3.05, 3.63) is 29.8 Å². The fourth-order valence-corrected chi connectivity index (χ4v) is 5.65. The molecule has 168 valence electrons. The molecular formula is C24H34N4O3. The van der Waals surface area contributed by atoms with Gasteiger partial charge >= 0.3 is 0 Å². The van der Waals surface area contributed by atoms with E-state index in [4.69, 9.17) is 9.57 Å². The third-order valence-corrected chi connectivity index (χ3v) is 7.16. The van der Waals surface area contributed by atoms with Gasteiger partial charge in [-0.3, -0.25) is 9.69 Å². The molecule has 4 heterocycles. The number of carbonyl (C=O) groups is 1. The van der Waals surface area contributed by atoms with Gasteiger partial charge < -0.3 is 19.4 Å². The number of carbonyl (C=O) groups excluding carboxylic acids is 1. The first kappa shape index (κ1) is 20.8. The van der Waals surface area contributed by atoms with Crippen LogP contribution in [0.1, 0.15) is 44.1 Å². The number of benzene rings is 1. The van der Waals surface area contributed by atoms with Crippen molar-refractivity contribution in [3.63, 3.8) is 0 Å². The molecule has 0 aromatic heterocycles. The fraction of sp³-hybridized carbons (Fsp3) is 0.667. The molecule has 0 aliphatic carbocycles. The molecule has 5 rings (SSSR count). The predicted octanol–water partition coefficient (Wildman–Crippen LogP) is 2.65. The number of oxime groups is 1. The number of aryl methyl sites for hydroxylation is 1. The molecule has 7 heteroatoms. The van der Waals surface area contributed by atoms with E-state index in [2.05, 4.69) is 33.2 Å². The number of ether oxygens (including phenoxy) is 1. The Hall–Kier alpha value is -2.12. The number of rotatable bonds is 8. The Morgan fingerprint density at radius 1 is 1.00 bits per heavy atom. The van der Waals surface area contributed by atoms with Gasteiger partial charge in [-0.25, -0.2) is 0 Å². The van der Waals surface area contributed by atoms with Crippen LogP contribution in [0.2, 0.25) is 0 Å². The predicted molar refractivity (Wildman–Crippen MR) is 120 cm³/mol. The second kappa shape index (κ2) is 9.57. The Balaban J connectivity index is 1.06. The maximum absolute atomic E-state index is 12.5. The molecule has 7 nitrogen and oxygen atoms in total. The summed E-state index contributed by atoms with van der Waals surface area (Å²) in [5, 5.41) is 3.89. The lowest BCUT2D eigenvalue weighted by atomic mass is 10.0. The van der Waals surface area contributed by atoms with Crippen molar-refractivity contribution in [2.75, 3.05) is 50.8 Å². The van der Waals surface area contributed by atoms with Crippen LogP contribution >= 0.6 is 0 Å². The first-order valence-electron chi connectivity index (χ1n) is 12.0. The van der Waals surface area contributed by atoms with Gasteiger partial charge in [-0.1, -0.05) is 23.4 Å². The van der Waals surface area contributed by atoms with Gasteiger partial charge in [-0.05, 0) is 43.7 Å². The summed E-state index contributed by atoms with van der Waals surface area (Å²) in [6.07, 6.45) is 7.02. The lowest BCUT2D eigenvalue weighted by Gasteiger charge is -2.41. The maximum atomic E-state index is 12.5. The zero-order valence-electron chi connectivity index (χ0n) is 18.4. The summed E-state index contributed by atoms with van der Waals surface area (Å²) < 4.78 is 5.68. The second-order valence-corrected chi connectivity index (χ2v) is 9.18. The van der Waals surface area contributed by atoms with E-state index in [1.54, 1.807) is 0 Å². The van der Waals surface area contributed by atoms with Gasteiger partial charge in [0.1, 0.15) is 6.61 Å². The van der Waals surface area contributed by atoms with Crippen molar-refractivity contribution in [2.45, 2.75) is 57.0 Å². The Labute approximate surface area is 184 Å². The molecule has 1 aromatic rings. The van der Waals surface area contributed by atoms with Crippen LogP contribution in [-0.2, 0) is 20.8 Å². The summed E-state index contributed by atoms with van der Waals surface area (Å²) in [4.78, 5) is 24.8. The third kappa shape index (κ3) is 4.72. The van der Waals surface area contributed by atoms with E-state index in [-0.39, 0.29) is 5.91 Å². The molecule has 1 aromatic carbocycles. The zero-order valence-corrected chi connectivity index (χ0v) is 18.4. The molecule has 4 aliphatic rings. The van der Waals surface area contributed by atoms with Gasteiger partial charge in [-0.15, -0.1) is 0 Å². The molecular weight excluding hydrogens is 392 g/mol. The van der Waals surface area contributed by atoms with Gasteiger partial charge in [0.2, 0.25) is 11.8 Å². The molecule has 4 aliphatic heterocycles. The monoisotopic (exact) mass is 426 g/mol. The normalized spacial score (nSPS) is 26.0. The van der Waals surface area contributed by atoms with Crippen molar-refractivity contribution in [3.8, 4) is 0 Å². The van der Waals surface area contributed by atoms with Crippen LogP contribution in [0.25, 0.3) is 0 Å². The van der Waals surface area contributed by atoms with E-state index < -0.39 is 0 Å². The number of fused-ring (bicyclic) bond motifs is 3. The van der Waals surface area contributed by atoms with Gasteiger partial charge in [0.25, 0.3) is 0 Å². The van der Waals surface area contributed by atoms with E-state index in [9.17, 15) is 4.79 Å². The standard InChI is InChI=1S/C24H34N4O3/c29-24-10-7-19-5-1-2-6-22(19)28(24)14-3-13-27-20-8-9-21(27)18-26(17-20)12-4-15-30-23-11-16-31-25-23/h1-2,5-6,20-21H,3-4,7-18H2/t20-,21+. The molecule has 31 heavy (non-hydrogen) atoms. The van der Waals surface area contributed by atoms with Gasteiger partial charge in [0.15, 0.2) is 0 Å². The van der Waals surface area contributed by atoms with E-state index in [0.717, 1.165) is 76.6 Å². The zero-order chi connectivity index (χ0) is 21.0. The highest BCUT2D eigenvalue weighted by atomic mass is 16.7. The number of nitrogens with zero attached hydrogens (tertiary/aromatic N) is 4. The Morgan fingerprint density at radius 3 is 2.65 bits per heavy atom. The molecule has 2 saturated heterocycles. The molecule has 0 unspecified atom stereocenters. The fourth-order valence-electron chi connectivity index (χ4n) is 5.65. The Bertz CT molecular complexity index is 800. The highest BCUT2D eigenvalue weighted by Gasteiger charge is 2.39. The van der Waals surface area contributed by atoms with Crippen molar-refractivity contribution in [1.29, 1.82) is 0 Å². The van der Waals surface area contributed by atoms with Gasteiger partial charge in [0.05, 0.1) is 13.0 Å². The van der Waals surface area contributed by atoms with E-state index in [0.29, 0.717) is 25.1 Å². The van der Waals surface area contributed by atoms with Crippen LogP contribution in [0.3, 0.4) is 0 Å². The van der Waals surface area contributed by atoms with Gasteiger partial charge in [-0.2, -0.15) is 0 Å². The van der Waals surface area contributed by atoms with Crippen LogP contribution in [0, 0.1) is 0 Å². The smallest absolute Gasteiger partial charge is 0.229 e. The van der Waals surface area contributed by atoms with Crippen molar-refractivity contribution in [2.24, 2.45) is 5.16 Å². The largest absolute Gasteiger partial charge is 0.479 e. The van der Waals surface area contributed by atoms with Crippen molar-refractivity contribution >= 4 is 17.5 Å². The lowest BCUT2D eigenvalue weighted by Crippen LogP contribution is -2.54. The third-order valence-electron chi connectivity index (χ3n) is 7.16. The first-order chi connectivity index (χ1) is 15.3. The summed E-state index contributed by atoms with van der Waals surface area (Å²) in [6, 6.07) is 9.71. The van der Waals surface area contributed by atoms with Crippen LogP contribution in [0.5, 0.6) is 0 Å². The summed E-state index contributed by atoms with van der Waals surface area (Å²) in [6.45, 7) is 6.72. The summed E-state index contributed by atoms with van der Waals surface area (Å²) in [5.74, 6) is 1.03. The maximum Gasteiger partial charge on any atom is 0.229 e. The number of anilines is 1. The highest BCUT2D eigenvalue weighted by Crippen LogP contribution is 2.31. The van der Waals surface area contributed by atoms with Crippen molar-refractivity contribution in [1.82, 2.24) is 9.80 Å². The number of piperazine rings is 1. The number of hydrogen-bond donors (Lipinski definition) is 0. The van der Waals surface area contributed by atoms with Crippen molar-refractivity contribution < 1.29 is 14.4 Å². The molecule has 1 amide bonds. The second-order valence-electron chi connectivity index (χ2n) is 9.18. The minimum atomic E-state index is 0.281. The number of hydrogen-bond acceptors (Lipinski definition) is 6. The number of amides is 1. The lowest BCUT2D eigenvalue weighted by molar-refractivity contribution is -0.118. The minimum Gasteiger partial charge on any atom is -0.479 e. The van der Waals surface area contributed by atoms with Gasteiger partial charge in [0, 0.05) is 56.9 Å². The molecule has 0 saturated carbocycles. The summed E-state index contributed by atoms with van der Waals surface area (Å²) in [5.41, 5.74) is 2.44. The highest BCUT2D eigenvalue weighted by molar-refractivity contribution is 5.96. The topological polar surface area (TPSA) is 57.6 Å². The SMILES string of the molecule is O=C1CCc2ccccc2N1CCCN1[C@@H]2CC[C@H]1CN(CCCOC1=NOCC1)C2. The van der Waals surface area contributed by atoms with Crippen LogP contribution in [0.15, 0.2) is 29.4 Å². The molecule has 2 fully saturated rings.